The summed E-state index contributed by atoms with van der Waals surface area (Å²) in [6, 6.07) is 10.4. The van der Waals surface area contributed by atoms with Crippen LogP contribution in [0.2, 0.25) is 0 Å². The van der Waals surface area contributed by atoms with E-state index in [1.165, 1.54) is 10.9 Å². The van der Waals surface area contributed by atoms with E-state index in [4.69, 9.17) is 10.5 Å². The maximum absolute atomic E-state index is 13.0. The molecule has 1 aromatic heterocycles. The Bertz CT molecular complexity index is 941. The highest BCUT2D eigenvalue weighted by atomic mass is 16.5. The first-order chi connectivity index (χ1) is 14.1. The van der Waals surface area contributed by atoms with Crippen molar-refractivity contribution in [2.75, 3.05) is 26.2 Å². The summed E-state index contributed by atoms with van der Waals surface area (Å²) in [6.07, 6.45) is 4.51. The van der Waals surface area contributed by atoms with Crippen molar-refractivity contribution in [1.29, 1.82) is 0 Å². The van der Waals surface area contributed by atoms with E-state index in [-0.39, 0.29) is 29.8 Å². The van der Waals surface area contributed by atoms with Gasteiger partial charge in [0.15, 0.2) is 0 Å². The summed E-state index contributed by atoms with van der Waals surface area (Å²) in [5.41, 5.74) is 6.39. The summed E-state index contributed by atoms with van der Waals surface area (Å²) in [5, 5.41) is 4.29. The number of benzene rings is 1. The smallest absolute Gasteiger partial charge is 0.229 e. The van der Waals surface area contributed by atoms with E-state index in [2.05, 4.69) is 34.3 Å². The lowest BCUT2D eigenvalue weighted by Crippen LogP contribution is -2.46. The minimum atomic E-state index is -0.469. The van der Waals surface area contributed by atoms with Crippen molar-refractivity contribution >= 4 is 22.7 Å². The molecule has 0 saturated carbocycles. The molecular weight excluding hydrogens is 368 g/mol. The summed E-state index contributed by atoms with van der Waals surface area (Å²) in [7, 11) is 0. The largest absolute Gasteiger partial charge is 0.368 e. The topological polar surface area (TPSA) is 89.6 Å². The third-order valence-corrected chi connectivity index (χ3v) is 6.86. The number of fused-ring (bicyclic) bond motifs is 2. The molecule has 2 bridgehead atoms. The lowest BCUT2D eigenvalue weighted by Gasteiger charge is -2.27. The van der Waals surface area contributed by atoms with Crippen molar-refractivity contribution in [3.63, 3.8) is 0 Å². The Morgan fingerprint density at radius 2 is 2.14 bits per heavy atom. The van der Waals surface area contributed by atoms with Crippen molar-refractivity contribution in [3.8, 4) is 0 Å². The highest BCUT2D eigenvalue weighted by molar-refractivity contribution is 5.92. The van der Waals surface area contributed by atoms with Gasteiger partial charge in [0.25, 0.3) is 0 Å². The van der Waals surface area contributed by atoms with Crippen LogP contribution in [0.15, 0.2) is 36.5 Å². The molecule has 5 rings (SSSR count). The summed E-state index contributed by atoms with van der Waals surface area (Å²) in [5.74, 6) is -0.717. The summed E-state index contributed by atoms with van der Waals surface area (Å²) in [4.78, 5) is 27.6. The third-order valence-electron chi connectivity index (χ3n) is 6.86. The quantitative estimate of drug-likeness (QED) is 0.686. The molecule has 1 aromatic carbocycles. The Kier molecular flexibility index (Phi) is 4.59. The van der Waals surface area contributed by atoms with E-state index < -0.39 is 5.60 Å². The highest BCUT2D eigenvalue weighted by Gasteiger charge is 2.68. The number of hydrogen-bond donors (Lipinski definition) is 2. The number of para-hydroxylation sites is 1. The minimum Gasteiger partial charge on any atom is -0.368 e. The van der Waals surface area contributed by atoms with Gasteiger partial charge in [-0.25, -0.2) is 0 Å². The van der Waals surface area contributed by atoms with Crippen molar-refractivity contribution < 1.29 is 14.3 Å². The van der Waals surface area contributed by atoms with Gasteiger partial charge in [-0.1, -0.05) is 18.2 Å². The summed E-state index contributed by atoms with van der Waals surface area (Å²) in [6.45, 7) is 2.98. The summed E-state index contributed by atoms with van der Waals surface area (Å²) < 4.78 is 8.42. The van der Waals surface area contributed by atoms with Gasteiger partial charge in [0.2, 0.25) is 11.8 Å². The molecule has 0 radical (unpaired) electrons. The molecule has 3 fully saturated rings. The van der Waals surface area contributed by atoms with Crippen molar-refractivity contribution in [2.45, 2.75) is 37.5 Å². The Hall–Kier alpha value is -2.38. The van der Waals surface area contributed by atoms with Gasteiger partial charge < -0.3 is 25.3 Å². The van der Waals surface area contributed by atoms with Gasteiger partial charge in [-0.2, -0.15) is 0 Å². The first-order valence-corrected chi connectivity index (χ1v) is 10.6. The van der Waals surface area contributed by atoms with Crippen LogP contribution in [0.25, 0.3) is 10.9 Å². The molecule has 2 aromatic rings. The number of nitrogens with two attached hydrogens (primary N) is 1. The molecule has 4 atom stereocenters. The van der Waals surface area contributed by atoms with Crippen LogP contribution >= 0.6 is 0 Å². The SMILES string of the molecule is NCCN1C[C@]23CC[C@H](O2)[C@H](C(=O)NCCCn2ccc4ccccc42)[C@@H]3C1=O. The molecule has 3 aliphatic rings. The highest BCUT2D eigenvalue weighted by Crippen LogP contribution is 2.55. The van der Waals surface area contributed by atoms with Crippen LogP contribution in [0.5, 0.6) is 0 Å². The second-order valence-corrected chi connectivity index (χ2v) is 8.52. The molecule has 4 heterocycles. The van der Waals surface area contributed by atoms with Gasteiger partial charge in [0, 0.05) is 37.9 Å². The number of amides is 2. The van der Waals surface area contributed by atoms with E-state index in [1.807, 2.05) is 12.1 Å². The predicted octanol–water partition coefficient (Wildman–Crippen LogP) is 1.11. The van der Waals surface area contributed by atoms with E-state index in [0.717, 1.165) is 25.8 Å². The zero-order valence-electron chi connectivity index (χ0n) is 16.5. The molecular formula is C22H28N4O3. The fourth-order valence-corrected chi connectivity index (χ4v) is 5.60. The molecule has 3 aliphatic heterocycles. The average molecular weight is 396 g/mol. The fraction of sp³-hybridized carbons (Fsp3) is 0.545. The van der Waals surface area contributed by atoms with Crippen molar-refractivity contribution in [1.82, 2.24) is 14.8 Å². The Labute approximate surface area is 170 Å². The number of aryl methyl sites for hydroxylation is 1. The molecule has 3 N–H and O–H groups in total. The van der Waals surface area contributed by atoms with Crippen LogP contribution in [-0.2, 0) is 20.9 Å². The maximum atomic E-state index is 13.0. The number of nitrogens with zero attached hydrogens (tertiary/aromatic N) is 2. The molecule has 3 saturated heterocycles. The van der Waals surface area contributed by atoms with Crippen LogP contribution in [0.4, 0.5) is 0 Å². The minimum absolute atomic E-state index is 0.0385. The molecule has 154 valence electrons. The van der Waals surface area contributed by atoms with Crippen molar-refractivity contribution in [3.05, 3.63) is 36.5 Å². The van der Waals surface area contributed by atoms with Crippen LogP contribution in [-0.4, -0.2) is 59.2 Å². The Morgan fingerprint density at radius 3 is 3.00 bits per heavy atom. The van der Waals surface area contributed by atoms with Gasteiger partial charge in [-0.05, 0) is 36.8 Å². The van der Waals surface area contributed by atoms with Crippen molar-refractivity contribution in [2.24, 2.45) is 17.6 Å². The number of rotatable bonds is 7. The van der Waals surface area contributed by atoms with Gasteiger partial charge in [0.05, 0.1) is 30.1 Å². The molecule has 0 aliphatic carbocycles. The van der Waals surface area contributed by atoms with Gasteiger partial charge in [-0.3, -0.25) is 9.59 Å². The van der Waals surface area contributed by atoms with Crippen LogP contribution < -0.4 is 11.1 Å². The molecule has 2 amide bonds. The second kappa shape index (κ2) is 7.15. The standard InChI is InChI=1S/C22H28N4O3/c23-9-13-26-14-22-8-6-17(29-22)18(19(22)21(26)28)20(27)24-10-3-11-25-12-7-15-4-1-2-5-16(15)25/h1-2,4-5,7,12,17-19H,3,6,8-11,13-14,23H2,(H,24,27)/t17-,18-,19+,22-/m0/s1. The number of hydrogen-bond acceptors (Lipinski definition) is 4. The van der Waals surface area contributed by atoms with Crippen LogP contribution in [0.1, 0.15) is 19.3 Å². The normalized spacial score (nSPS) is 30.3. The number of aromatic nitrogens is 1. The van der Waals surface area contributed by atoms with E-state index in [9.17, 15) is 9.59 Å². The number of nitrogens with one attached hydrogen (secondary N) is 1. The zero-order valence-corrected chi connectivity index (χ0v) is 16.5. The summed E-state index contributed by atoms with van der Waals surface area (Å²) >= 11 is 0. The molecule has 7 nitrogen and oxygen atoms in total. The number of likely N-dealkylation sites (tertiary alicyclic amines) is 1. The van der Waals surface area contributed by atoms with Gasteiger partial charge >= 0.3 is 0 Å². The molecule has 0 unspecified atom stereocenters. The molecule has 29 heavy (non-hydrogen) atoms. The predicted molar refractivity (Wildman–Crippen MR) is 109 cm³/mol. The molecule has 1 spiro atoms. The zero-order chi connectivity index (χ0) is 20.0. The maximum Gasteiger partial charge on any atom is 0.229 e. The fourth-order valence-electron chi connectivity index (χ4n) is 5.60. The first-order valence-electron chi connectivity index (χ1n) is 10.6. The van der Waals surface area contributed by atoms with Crippen LogP contribution in [0, 0.1) is 11.8 Å². The van der Waals surface area contributed by atoms with E-state index in [1.54, 1.807) is 4.90 Å². The lowest BCUT2D eigenvalue weighted by molar-refractivity contribution is -0.138. The lowest BCUT2D eigenvalue weighted by atomic mass is 9.73. The van der Waals surface area contributed by atoms with E-state index >= 15 is 0 Å². The Balaban J connectivity index is 1.20. The van der Waals surface area contributed by atoms with E-state index in [0.29, 0.717) is 26.2 Å². The van der Waals surface area contributed by atoms with Crippen LogP contribution in [0.3, 0.4) is 0 Å². The number of carbonyl (C=O) groups excluding carboxylic acids is 2. The van der Waals surface area contributed by atoms with Gasteiger partial charge in [-0.15, -0.1) is 0 Å². The Morgan fingerprint density at radius 1 is 1.28 bits per heavy atom. The second-order valence-electron chi connectivity index (χ2n) is 8.52. The number of ether oxygens (including phenoxy) is 1. The average Bonchev–Trinajstić information content (AvgIpc) is 3.46. The number of carbonyl (C=O) groups is 2. The molecule has 7 heteroatoms. The van der Waals surface area contributed by atoms with Gasteiger partial charge in [0.1, 0.15) is 0 Å². The monoisotopic (exact) mass is 396 g/mol. The first kappa shape index (κ1) is 18.6. The third kappa shape index (κ3) is 2.95.